The second-order valence-electron chi connectivity index (χ2n) is 6.88. The van der Waals surface area contributed by atoms with Crippen molar-refractivity contribution in [2.45, 2.75) is 51.0 Å². The van der Waals surface area contributed by atoms with Crippen LogP contribution in [-0.2, 0) is 11.2 Å². The number of carbonyl (C=O) groups is 1. The molecule has 1 aliphatic heterocycles. The van der Waals surface area contributed by atoms with Crippen LogP contribution in [0.15, 0.2) is 29.8 Å². The summed E-state index contributed by atoms with van der Waals surface area (Å²) in [7, 11) is 0. The smallest absolute Gasteiger partial charge is 0.228 e. The first-order valence-electron chi connectivity index (χ1n) is 8.96. The molecule has 0 spiro atoms. The summed E-state index contributed by atoms with van der Waals surface area (Å²) in [5.41, 5.74) is 1.76. The van der Waals surface area contributed by atoms with Crippen molar-refractivity contribution in [2.24, 2.45) is 5.92 Å². The first kappa shape index (κ1) is 15.8. The van der Waals surface area contributed by atoms with Gasteiger partial charge in [-0.3, -0.25) is 9.78 Å². The Labute approximate surface area is 146 Å². The molecule has 0 aromatic carbocycles. The number of likely N-dealkylation sites (tertiary alicyclic amines) is 1. The molecule has 1 aliphatic carbocycles. The van der Waals surface area contributed by atoms with Crippen molar-refractivity contribution in [3.8, 4) is 10.7 Å². The molecule has 2 aromatic rings. The average molecular weight is 341 g/mol. The SMILES string of the molecule is O=C(Cc1csc(-c2ccccn2)n1)N1CCC[C@H]1C1CCCC1. The fraction of sp³-hybridized carbons (Fsp3) is 0.526. The molecule has 4 rings (SSSR count). The quantitative estimate of drug-likeness (QED) is 0.846. The Balaban J connectivity index is 1.43. The summed E-state index contributed by atoms with van der Waals surface area (Å²) in [4.78, 5) is 23.9. The Bertz CT molecular complexity index is 694. The highest BCUT2D eigenvalue weighted by Gasteiger charge is 2.35. The predicted molar refractivity (Wildman–Crippen MR) is 95.7 cm³/mol. The van der Waals surface area contributed by atoms with E-state index in [1.807, 2.05) is 23.6 Å². The Hall–Kier alpha value is -1.75. The van der Waals surface area contributed by atoms with Crippen LogP contribution in [0.5, 0.6) is 0 Å². The van der Waals surface area contributed by atoms with Gasteiger partial charge in [0.15, 0.2) is 0 Å². The predicted octanol–water partition coefficient (Wildman–Crippen LogP) is 3.93. The zero-order chi connectivity index (χ0) is 16.4. The van der Waals surface area contributed by atoms with E-state index in [2.05, 4.69) is 14.9 Å². The first-order valence-corrected chi connectivity index (χ1v) is 9.84. The molecule has 2 fully saturated rings. The molecule has 5 heteroatoms. The van der Waals surface area contributed by atoms with Gasteiger partial charge in [0.1, 0.15) is 5.01 Å². The lowest BCUT2D eigenvalue weighted by atomic mass is 9.96. The zero-order valence-electron chi connectivity index (χ0n) is 13.9. The lowest BCUT2D eigenvalue weighted by molar-refractivity contribution is -0.132. The van der Waals surface area contributed by atoms with Gasteiger partial charge in [-0.05, 0) is 43.7 Å². The lowest BCUT2D eigenvalue weighted by Crippen LogP contribution is -2.40. The molecule has 24 heavy (non-hydrogen) atoms. The summed E-state index contributed by atoms with van der Waals surface area (Å²) >= 11 is 1.57. The standard InChI is InChI=1S/C19H23N3OS/c23-18(22-11-5-9-17(22)14-6-1-2-7-14)12-15-13-24-19(21-15)16-8-3-4-10-20-16/h3-4,8,10,13-14,17H,1-2,5-7,9,11-12H2/t17-/m0/s1. The van der Waals surface area contributed by atoms with Gasteiger partial charge in [-0.25, -0.2) is 4.98 Å². The van der Waals surface area contributed by atoms with Crippen LogP contribution in [0.4, 0.5) is 0 Å². The van der Waals surface area contributed by atoms with E-state index in [1.165, 1.54) is 32.1 Å². The summed E-state index contributed by atoms with van der Waals surface area (Å²) in [6.07, 6.45) is 9.82. The number of carbonyl (C=O) groups excluding carboxylic acids is 1. The van der Waals surface area contributed by atoms with Crippen molar-refractivity contribution < 1.29 is 4.79 Å². The Morgan fingerprint density at radius 2 is 2.08 bits per heavy atom. The van der Waals surface area contributed by atoms with Crippen LogP contribution in [-0.4, -0.2) is 33.4 Å². The van der Waals surface area contributed by atoms with E-state index in [0.717, 1.165) is 35.3 Å². The van der Waals surface area contributed by atoms with E-state index in [0.29, 0.717) is 12.5 Å². The van der Waals surface area contributed by atoms with Crippen LogP contribution < -0.4 is 0 Å². The minimum Gasteiger partial charge on any atom is -0.339 e. The highest BCUT2D eigenvalue weighted by molar-refractivity contribution is 7.13. The van der Waals surface area contributed by atoms with E-state index < -0.39 is 0 Å². The molecule has 1 saturated carbocycles. The van der Waals surface area contributed by atoms with Crippen molar-refractivity contribution in [3.63, 3.8) is 0 Å². The number of pyridine rings is 1. The Kier molecular flexibility index (Phi) is 4.60. The lowest BCUT2D eigenvalue weighted by Gasteiger charge is -2.29. The summed E-state index contributed by atoms with van der Waals surface area (Å²) in [6, 6.07) is 6.30. The molecule has 1 saturated heterocycles. The molecule has 4 nitrogen and oxygen atoms in total. The largest absolute Gasteiger partial charge is 0.339 e. The maximum atomic E-state index is 12.8. The van der Waals surface area contributed by atoms with Crippen LogP contribution in [0.2, 0.25) is 0 Å². The van der Waals surface area contributed by atoms with Gasteiger partial charge in [0, 0.05) is 24.2 Å². The van der Waals surface area contributed by atoms with Gasteiger partial charge in [-0.15, -0.1) is 11.3 Å². The molecule has 126 valence electrons. The van der Waals surface area contributed by atoms with Crippen molar-refractivity contribution in [1.82, 2.24) is 14.9 Å². The number of amides is 1. The topological polar surface area (TPSA) is 46.1 Å². The van der Waals surface area contributed by atoms with E-state index in [9.17, 15) is 4.79 Å². The van der Waals surface area contributed by atoms with Gasteiger partial charge in [0.05, 0.1) is 17.8 Å². The van der Waals surface area contributed by atoms with Gasteiger partial charge in [0.25, 0.3) is 0 Å². The van der Waals surface area contributed by atoms with Gasteiger partial charge in [-0.2, -0.15) is 0 Å². The van der Waals surface area contributed by atoms with Crippen LogP contribution >= 0.6 is 11.3 Å². The molecule has 2 aliphatic rings. The van der Waals surface area contributed by atoms with Crippen LogP contribution in [0.3, 0.4) is 0 Å². The number of hydrogen-bond donors (Lipinski definition) is 0. The van der Waals surface area contributed by atoms with Gasteiger partial charge < -0.3 is 4.90 Å². The third kappa shape index (κ3) is 3.22. The molecular weight excluding hydrogens is 318 g/mol. The third-order valence-corrected chi connectivity index (χ3v) is 6.25. The Morgan fingerprint density at radius 3 is 2.88 bits per heavy atom. The average Bonchev–Trinajstić information content (AvgIpc) is 3.36. The van der Waals surface area contributed by atoms with Gasteiger partial charge >= 0.3 is 0 Å². The fourth-order valence-corrected chi connectivity index (χ4v) is 4.98. The zero-order valence-corrected chi connectivity index (χ0v) is 14.7. The minimum absolute atomic E-state index is 0.252. The molecule has 0 bridgehead atoms. The second kappa shape index (κ2) is 7.01. The van der Waals surface area contributed by atoms with Crippen LogP contribution in [0.25, 0.3) is 10.7 Å². The maximum Gasteiger partial charge on any atom is 0.228 e. The fourth-order valence-electron chi connectivity index (χ4n) is 4.19. The molecular formula is C19H23N3OS. The molecule has 1 atom stereocenters. The number of thiazole rings is 1. The number of nitrogens with zero attached hydrogens (tertiary/aromatic N) is 3. The van der Waals surface area contributed by atoms with Crippen molar-refractivity contribution >= 4 is 17.2 Å². The minimum atomic E-state index is 0.252. The summed E-state index contributed by atoms with van der Waals surface area (Å²) in [5, 5.41) is 2.90. The number of hydrogen-bond acceptors (Lipinski definition) is 4. The van der Waals surface area contributed by atoms with Crippen molar-refractivity contribution in [2.75, 3.05) is 6.54 Å². The summed E-state index contributed by atoms with van der Waals surface area (Å²) < 4.78 is 0. The summed E-state index contributed by atoms with van der Waals surface area (Å²) in [5.74, 6) is 0.984. The van der Waals surface area contributed by atoms with Gasteiger partial charge in [-0.1, -0.05) is 18.9 Å². The van der Waals surface area contributed by atoms with Crippen LogP contribution in [0, 0.1) is 5.92 Å². The second-order valence-corrected chi connectivity index (χ2v) is 7.74. The molecule has 2 aromatic heterocycles. The first-order chi connectivity index (χ1) is 11.8. The maximum absolute atomic E-state index is 12.8. The number of rotatable bonds is 4. The molecule has 0 unspecified atom stereocenters. The molecule has 0 N–H and O–H groups in total. The monoisotopic (exact) mass is 341 g/mol. The normalized spacial score (nSPS) is 21.5. The third-order valence-electron chi connectivity index (χ3n) is 5.33. The highest BCUT2D eigenvalue weighted by Crippen LogP contribution is 2.35. The molecule has 1 amide bonds. The van der Waals surface area contributed by atoms with E-state index in [4.69, 9.17) is 0 Å². The van der Waals surface area contributed by atoms with Crippen molar-refractivity contribution in [1.29, 1.82) is 0 Å². The molecule has 0 radical (unpaired) electrons. The van der Waals surface area contributed by atoms with Crippen LogP contribution in [0.1, 0.15) is 44.2 Å². The number of aromatic nitrogens is 2. The van der Waals surface area contributed by atoms with E-state index in [1.54, 1.807) is 17.5 Å². The van der Waals surface area contributed by atoms with Gasteiger partial charge in [0.2, 0.25) is 5.91 Å². The Morgan fingerprint density at radius 1 is 1.21 bits per heavy atom. The van der Waals surface area contributed by atoms with Crippen molar-refractivity contribution in [3.05, 3.63) is 35.5 Å². The van der Waals surface area contributed by atoms with E-state index in [-0.39, 0.29) is 5.91 Å². The molecule has 3 heterocycles. The van der Waals surface area contributed by atoms with E-state index >= 15 is 0 Å². The summed E-state index contributed by atoms with van der Waals surface area (Å²) in [6.45, 7) is 0.928. The highest BCUT2D eigenvalue weighted by atomic mass is 32.1.